The van der Waals surface area contributed by atoms with E-state index in [1.54, 1.807) is 12.1 Å². The Balaban J connectivity index is 0.722. The van der Waals surface area contributed by atoms with Crippen LogP contribution in [0.5, 0.6) is 11.5 Å². The summed E-state index contributed by atoms with van der Waals surface area (Å²) < 4.78 is 8.03. The fourth-order valence-electron chi connectivity index (χ4n) is 10.3. The van der Waals surface area contributed by atoms with Crippen molar-refractivity contribution in [3.63, 3.8) is 0 Å². The average Bonchev–Trinajstić information content (AvgIpc) is 3.76. The lowest BCUT2D eigenvalue weighted by Gasteiger charge is -2.50. The van der Waals surface area contributed by atoms with E-state index < -0.39 is 29.7 Å². The molecule has 4 aromatic rings. The number of hydrogen-bond donors (Lipinski definition) is 3. The largest absolute Gasteiger partial charge is 0.457 e. The lowest BCUT2D eigenvalue weighted by Crippen LogP contribution is -2.62. The van der Waals surface area contributed by atoms with Gasteiger partial charge in [0.1, 0.15) is 34.6 Å². The number of primary amides is 1. The Labute approximate surface area is 347 Å². The van der Waals surface area contributed by atoms with Crippen LogP contribution in [0.25, 0.3) is 11.3 Å². The van der Waals surface area contributed by atoms with Gasteiger partial charge in [-0.05, 0) is 112 Å². The highest BCUT2D eigenvalue weighted by molar-refractivity contribution is 6.23. The molecule has 310 valence electrons. The van der Waals surface area contributed by atoms with E-state index >= 15 is 0 Å². The Morgan fingerprint density at radius 3 is 2.15 bits per heavy atom. The van der Waals surface area contributed by atoms with Gasteiger partial charge < -0.3 is 25.6 Å². The summed E-state index contributed by atoms with van der Waals surface area (Å²) in [4.78, 5) is 72.0. The maximum Gasteiger partial charge on any atom is 0.262 e. The molecule has 3 aromatic carbocycles. The fraction of sp³-hybridized carbons (Fsp3) is 0.422. The van der Waals surface area contributed by atoms with E-state index in [1.165, 1.54) is 0 Å². The van der Waals surface area contributed by atoms with Gasteiger partial charge in [-0.15, -0.1) is 0 Å². The molecule has 1 unspecified atom stereocenters. The summed E-state index contributed by atoms with van der Waals surface area (Å²) in [5.74, 6) is 0.191. The summed E-state index contributed by atoms with van der Waals surface area (Å²) in [7, 11) is 0. The summed E-state index contributed by atoms with van der Waals surface area (Å²) in [6.07, 6.45) is 5.59. The third-order valence-corrected chi connectivity index (χ3v) is 13.6. The topological polar surface area (TPSA) is 175 Å². The van der Waals surface area contributed by atoms with E-state index in [-0.39, 0.29) is 24.8 Å². The third-order valence-electron chi connectivity index (χ3n) is 13.6. The molecule has 0 spiro atoms. The second-order valence-corrected chi connectivity index (χ2v) is 17.0. The van der Waals surface area contributed by atoms with Crippen molar-refractivity contribution < 1.29 is 28.7 Å². The smallest absolute Gasteiger partial charge is 0.262 e. The van der Waals surface area contributed by atoms with Crippen LogP contribution in [-0.4, -0.2) is 118 Å². The number of amides is 5. The van der Waals surface area contributed by atoms with Crippen molar-refractivity contribution in [3.05, 3.63) is 89.5 Å². The van der Waals surface area contributed by atoms with Gasteiger partial charge in [0.05, 0.1) is 17.2 Å². The molecule has 6 aliphatic rings. The van der Waals surface area contributed by atoms with Crippen molar-refractivity contribution in [3.8, 4) is 22.8 Å². The monoisotopic (exact) mass is 811 g/mol. The molecule has 0 radical (unpaired) electrons. The number of hydrogen-bond acceptors (Lipinski definition) is 11. The highest BCUT2D eigenvalue weighted by Crippen LogP contribution is 2.41. The number of nitrogens with zero attached hydrogens (tertiary/aromatic N) is 6. The minimum atomic E-state index is -0.968. The van der Waals surface area contributed by atoms with Gasteiger partial charge in [-0.25, -0.2) is 4.68 Å². The number of nitrogens with one attached hydrogen (secondary N) is 2. The Morgan fingerprint density at radius 1 is 0.750 bits per heavy atom. The zero-order valence-corrected chi connectivity index (χ0v) is 33.4. The highest BCUT2D eigenvalue weighted by Gasteiger charge is 2.45. The number of ether oxygens (including phenoxy) is 1. The van der Waals surface area contributed by atoms with Gasteiger partial charge in [0.25, 0.3) is 17.7 Å². The number of carbonyl (C=O) groups excluding carboxylic acids is 5. The van der Waals surface area contributed by atoms with E-state index in [2.05, 4.69) is 25.3 Å². The van der Waals surface area contributed by atoms with Crippen LogP contribution in [-0.2, 0) is 9.59 Å². The molecule has 15 heteroatoms. The van der Waals surface area contributed by atoms with Crippen molar-refractivity contribution in [2.45, 2.75) is 69.1 Å². The Morgan fingerprint density at radius 2 is 1.43 bits per heavy atom. The van der Waals surface area contributed by atoms with Gasteiger partial charge >= 0.3 is 0 Å². The number of piperidine rings is 3. The summed E-state index contributed by atoms with van der Waals surface area (Å²) >= 11 is 0. The molecule has 10 rings (SSSR count). The van der Waals surface area contributed by atoms with Gasteiger partial charge in [-0.2, -0.15) is 5.10 Å². The number of imide groups is 2. The molecular formula is C45H49N9O6. The molecule has 0 saturated carbocycles. The molecule has 4 fully saturated rings. The van der Waals surface area contributed by atoms with Crippen molar-refractivity contribution in [2.24, 2.45) is 11.7 Å². The van der Waals surface area contributed by atoms with Crippen LogP contribution < -0.4 is 26.0 Å². The van der Waals surface area contributed by atoms with Crippen LogP contribution in [0.3, 0.4) is 0 Å². The van der Waals surface area contributed by atoms with Crippen molar-refractivity contribution >= 4 is 41.0 Å². The molecule has 1 aromatic heterocycles. The number of carbonyl (C=O) groups is 5. The molecule has 5 amide bonds. The van der Waals surface area contributed by atoms with E-state index in [9.17, 15) is 24.0 Å². The number of anilines is 2. The zero-order valence-electron chi connectivity index (χ0n) is 33.4. The highest BCUT2D eigenvalue weighted by atomic mass is 16.5. The number of rotatable bonds is 9. The number of aromatic nitrogens is 2. The van der Waals surface area contributed by atoms with E-state index in [0.717, 1.165) is 106 Å². The maximum absolute atomic E-state index is 13.4. The van der Waals surface area contributed by atoms with Gasteiger partial charge in [0.2, 0.25) is 11.8 Å². The van der Waals surface area contributed by atoms with Gasteiger partial charge in [-0.3, -0.25) is 39.1 Å². The fourth-order valence-corrected chi connectivity index (χ4v) is 10.3. The Kier molecular flexibility index (Phi) is 9.87. The molecule has 4 N–H and O–H groups in total. The molecule has 6 aliphatic heterocycles. The Hall–Kier alpha value is -6.06. The minimum absolute atomic E-state index is 0.0962. The lowest BCUT2D eigenvalue weighted by molar-refractivity contribution is -0.136. The zero-order chi connectivity index (χ0) is 41.1. The summed E-state index contributed by atoms with van der Waals surface area (Å²) in [5, 5.41) is 10.8. The predicted octanol–water partition coefficient (Wildman–Crippen LogP) is 4.26. The van der Waals surface area contributed by atoms with Crippen LogP contribution in [0.2, 0.25) is 0 Å². The van der Waals surface area contributed by atoms with Gasteiger partial charge in [0, 0.05) is 62.5 Å². The summed E-state index contributed by atoms with van der Waals surface area (Å²) in [6, 6.07) is 22.8. The van der Waals surface area contributed by atoms with Crippen LogP contribution in [0.15, 0.2) is 72.8 Å². The quantitative estimate of drug-likeness (QED) is 0.206. The SMILES string of the molecule is NC(=O)c1c(-c2ccc(Oc3ccccc3)cc2)nn2c1NCC[C@H]2C1CCN(C2CCN(C3CN(c4ccc5c(c4)C(=O)N(C4CCC(=O)NC4=O)C5=O)C3)CC2)CC1. The summed E-state index contributed by atoms with van der Waals surface area (Å²) in [5.41, 5.74) is 9.37. The Bertz CT molecular complexity index is 2340. The maximum atomic E-state index is 13.4. The molecule has 7 heterocycles. The normalized spacial score (nSPS) is 23.2. The predicted molar refractivity (Wildman–Crippen MR) is 223 cm³/mol. The second-order valence-electron chi connectivity index (χ2n) is 17.0. The van der Waals surface area contributed by atoms with Crippen LogP contribution in [0, 0.1) is 5.92 Å². The number of benzene rings is 3. The molecule has 15 nitrogen and oxygen atoms in total. The number of likely N-dealkylation sites (tertiary alicyclic amines) is 2. The average molecular weight is 812 g/mol. The first-order valence-corrected chi connectivity index (χ1v) is 21.3. The van der Waals surface area contributed by atoms with Crippen molar-refractivity contribution in [2.75, 3.05) is 56.0 Å². The molecular weight excluding hydrogens is 763 g/mol. The second kappa shape index (κ2) is 15.5. The van der Waals surface area contributed by atoms with Crippen LogP contribution >= 0.6 is 0 Å². The third kappa shape index (κ3) is 6.88. The first kappa shape index (κ1) is 38.2. The molecule has 2 atom stereocenters. The summed E-state index contributed by atoms with van der Waals surface area (Å²) in [6.45, 7) is 6.66. The minimum Gasteiger partial charge on any atom is -0.457 e. The van der Waals surface area contributed by atoms with Gasteiger partial charge in [-0.1, -0.05) is 18.2 Å². The number of nitrogens with two attached hydrogens (primary N) is 1. The van der Waals surface area contributed by atoms with Crippen LogP contribution in [0.1, 0.15) is 82.1 Å². The van der Waals surface area contributed by atoms with Crippen molar-refractivity contribution in [1.29, 1.82) is 0 Å². The van der Waals surface area contributed by atoms with Crippen molar-refractivity contribution in [1.82, 2.24) is 29.8 Å². The van der Waals surface area contributed by atoms with Gasteiger partial charge in [0.15, 0.2) is 0 Å². The number of para-hydroxylation sites is 1. The van der Waals surface area contributed by atoms with E-state index in [0.29, 0.717) is 46.1 Å². The molecule has 4 saturated heterocycles. The first-order valence-electron chi connectivity index (χ1n) is 21.3. The molecule has 0 aliphatic carbocycles. The molecule has 60 heavy (non-hydrogen) atoms. The van der Waals surface area contributed by atoms with E-state index in [4.69, 9.17) is 15.6 Å². The molecule has 0 bridgehead atoms. The standard InChI is InChI=1S/C45H49N9O6/c46-41(56)39-40(28-6-9-33(10-7-28)60-32-4-2-1-3-5-32)49-54-36(14-19-47-42(39)54)27-15-20-50(21-16-27)29-17-22-51(23-18-29)31-25-52(26-31)30-8-11-34-35(24-30)45(59)53(44(34)58)37-12-13-38(55)48-43(37)57/h1-11,24,27,29,31,36-37,47H,12-23,25-26H2,(H2,46,56)(H,48,55,57)/t36-,37?/m0/s1. The number of fused-ring (bicyclic) bond motifs is 2. The lowest BCUT2D eigenvalue weighted by atomic mass is 9.85. The first-order chi connectivity index (χ1) is 29.2. The van der Waals surface area contributed by atoms with E-state index in [1.807, 2.05) is 65.3 Å². The van der Waals surface area contributed by atoms with Crippen LogP contribution in [0.4, 0.5) is 11.5 Å².